The highest BCUT2D eigenvalue weighted by Gasteiger charge is 2.32. The summed E-state index contributed by atoms with van der Waals surface area (Å²) in [4.78, 5) is 31.0. The zero-order valence-electron chi connectivity index (χ0n) is 18.8. The van der Waals surface area contributed by atoms with E-state index in [0.29, 0.717) is 35.2 Å². The van der Waals surface area contributed by atoms with Gasteiger partial charge in [0.1, 0.15) is 17.4 Å². The van der Waals surface area contributed by atoms with E-state index in [-0.39, 0.29) is 35.8 Å². The van der Waals surface area contributed by atoms with Crippen LogP contribution in [0.4, 0.5) is 29.2 Å². The van der Waals surface area contributed by atoms with Crippen molar-refractivity contribution in [3.63, 3.8) is 0 Å². The second-order valence-electron chi connectivity index (χ2n) is 8.26. The monoisotopic (exact) mass is 487 g/mol. The first-order chi connectivity index (χ1) is 16.5. The predicted octanol–water partition coefficient (Wildman–Crippen LogP) is 5.83. The molecular weight excluding hydrogens is 466 g/mol. The number of carbonyl (C=O) groups is 2. The van der Waals surface area contributed by atoms with Crippen molar-refractivity contribution in [3.8, 4) is 11.5 Å². The number of fused-ring (bicyclic) bond motifs is 1. The van der Waals surface area contributed by atoms with Crippen molar-refractivity contribution in [2.45, 2.75) is 26.4 Å². The van der Waals surface area contributed by atoms with Crippen LogP contribution in [0.5, 0.6) is 11.5 Å². The van der Waals surface area contributed by atoms with Crippen LogP contribution in [0.1, 0.15) is 35.3 Å². The maximum Gasteiger partial charge on any atom is 0.416 e. The lowest BCUT2D eigenvalue weighted by Gasteiger charge is -2.29. The predicted molar refractivity (Wildman–Crippen MR) is 121 cm³/mol. The van der Waals surface area contributed by atoms with Gasteiger partial charge in [0.05, 0.1) is 5.56 Å². The molecule has 0 fully saturated rings. The summed E-state index contributed by atoms with van der Waals surface area (Å²) in [6.45, 7) is 3.73. The Hall–Kier alpha value is -3.95. The highest BCUT2D eigenvalue weighted by molar-refractivity contribution is 6.08. The Balaban J connectivity index is 1.58. The molecule has 3 aromatic rings. The lowest BCUT2D eigenvalue weighted by atomic mass is 9.98. The molecule has 0 saturated heterocycles. The smallest absolute Gasteiger partial charge is 0.416 e. The number of anilines is 2. The number of amides is 2. The van der Waals surface area contributed by atoms with E-state index in [4.69, 9.17) is 4.74 Å². The van der Waals surface area contributed by atoms with Crippen LogP contribution < -0.4 is 15.0 Å². The number of alkyl halides is 3. The summed E-state index contributed by atoms with van der Waals surface area (Å²) in [5, 5.41) is 2.70. The standard InChI is InChI=1S/C25H21F4N3O3/c1-14(2)23(33)31-21-7-4-8-22(30-21)32-12-11-16-17(24(32)34)5-3-6-19(16)35-20-10-9-15(13-18(20)26)25(27,28)29/h3-10,13-14H,11-12H2,1-2H3,(H,30,31,33). The number of hydrogen-bond donors (Lipinski definition) is 1. The van der Waals surface area contributed by atoms with E-state index >= 15 is 0 Å². The first kappa shape index (κ1) is 24.2. The number of halogens is 4. The van der Waals surface area contributed by atoms with Crippen molar-refractivity contribution in [2.75, 3.05) is 16.8 Å². The fourth-order valence-corrected chi connectivity index (χ4v) is 3.60. The second-order valence-corrected chi connectivity index (χ2v) is 8.26. The Morgan fingerprint density at radius 2 is 1.83 bits per heavy atom. The van der Waals surface area contributed by atoms with E-state index in [1.807, 2.05) is 0 Å². The van der Waals surface area contributed by atoms with Gasteiger partial charge in [0, 0.05) is 23.6 Å². The molecule has 1 aromatic heterocycles. The quantitative estimate of drug-likeness (QED) is 0.460. The molecule has 2 aromatic carbocycles. The third-order valence-corrected chi connectivity index (χ3v) is 5.46. The molecule has 0 atom stereocenters. The van der Waals surface area contributed by atoms with Crippen molar-refractivity contribution >= 4 is 23.5 Å². The number of hydrogen-bond acceptors (Lipinski definition) is 4. The molecule has 6 nitrogen and oxygen atoms in total. The van der Waals surface area contributed by atoms with Crippen LogP contribution in [0.15, 0.2) is 54.6 Å². The maximum absolute atomic E-state index is 14.3. The minimum Gasteiger partial charge on any atom is -0.454 e. The van der Waals surface area contributed by atoms with Crippen LogP contribution in [0.3, 0.4) is 0 Å². The van der Waals surface area contributed by atoms with Crippen LogP contribution in [0, 0.1) is 11.7 Å². The molecule has 0 radical (unpaired) electrons. The number of nitrogens with one attached hydrogen (secondary N) is 1. The summed E-state index contributed by atoms with van der Waals surface area (Å²) < 4.78 is 58.3. The molecule has 0 spiro atoms. The number of nitrogens with zero attached hydrogens (tertiary/aromatic N) is 2. The fraction of sp³-hybridized carbons (Fsp3) is 0.240. The summed E-state index contributed by atoms with van der Waals surface area (Å²) in [7, 11) is 0. The molecule has 182 valence electrons. The van der Waals surface area contributed by atoms with E-state index in [2.05, 4.69) is 10.3 Å². The molecule has 1 aliphatic rings. The zero-order chi connectivity index (χ0) is 25.3. The number of benzene rings is 2. The van der Waals surface area contributed by atoms with E-state index in [0.717, 1.165) is 12.1 Å². The first-order valence-corrected chi connectivity index (χ1v) is 10.8. The highest BCUT2D eigenvalue weighted by Crippen LogP contribution is 2.36. The summed E-state index contributed by atoms with van der Waals surface area (Å²) in [6.07, 6.45) is -4.34. The minimum atomic E-state index is -4.68. The number of aromatic nitrogens is 1. The Bertz CT molecular complexity index is 1290. The molecule has 2 amide bonds. The van der Waals surface area contributed by atoms with Gasteiger partial charge in [-0.1, -0.05) is 26.0 Å². The van der Waals surface area contributed by atoms with Gasteiger partial charge in [0.25, 0.3) is 5.91 Å². The van der Waals surface area contributed by atoms with Crippen molar-refractivity contribution < 1.29 is 31.9 Å². The Morgan fingerprint density at radius 1 is 1.09 bits per heavy atom. The minimum absolute atomic E-state index is 0.181. The number of ether oxygens (including phenoxy) is 1. The van der Waals surface area contributed by atoms with Crippen LogP contribution in [-0.4, -0.2) is 23.3 Å². The summed E-state index contributed by atoms with van der Waals surface area (Å²) in [5.41, 5.74) is -0.306. The van der Waals surface area contributed by atoms with Crippen LogP contribution in [0.2, 0.25) is 0 Å². The molecule has 10 heteroatoms. The number of rotatable bonds is 5. The maximum atomic E-state index is 14.3. The van der Waals surface area contributed by atoms with Gasteiger partial charge in [0.2, 0.25) is 5.91 Å². The largest absolute Gasteiger partial charge is 0.454 e. The molecular formula is C25H21F4N3O3. The first-order valence-electron chi connectivity index (χ1n) is 10.8. The lowest BCUT2D eigenvalue weighted by molar-refractivity contribution is -0.137. The number of carbonyl (C=O) groups excluding carboxylic acids is 2. The Labute approximate surface area is 198 Å². The van der Waals surface area contributed by atoms with Gasteiger partial charge >= 0.3 is 6.18 Å². The van der Waals surface area contributed by atoms with Crippen LogP contribution in [-0.2, 0) is 17.4 Å². The average molecular weight is 487 g/mol. The molecule has 0 bridgehead atoms. The topological polar surface area (TPSA) is 71.5 Å². The van der Waals surface area contributed by atoms with Gasteiger partial charge in [0.15, 0.2) is 11.6 Å². The van der Waals surface area contributed by atoms with Crippen molar-refractivity contribution in [3.05, 3.63) is 77.1 Å². The lowest BCUT2D eigenvalue weighted by Crippen LogP contribution is -2.38. The molecule has 0 saturated carbocycles. The molecule has 1 N–H and O–H groups in total. The van der Waals surface area contributed by atoms with Crippen molar-refractivity contribution in [1.82, 2.24) is 4.98 Å². The van der Waals surface area contributed by atoms with Crippen LogP contribution >= 0.6 is 0 Å². The molecule has 4 rings (SSSR count). The Kier molecular flexibility index (Phi) is 6.47. The zero-order valence-corrected chi connectivity index (χ0v) is 18.8. The molecule has 0 unspecified atom stereocenters. The molecule has 2 heterocycles. The van der Waals surface area contributed by atoms with Gasteiger partial charge in [-0.3, -0.25) is 14.5 Å². The normalized spacial score (nSPS) is 13.6. The van der Waals surface area contributed by atoms with Crippen LogP contribution in [0.25, 0.3) is 0 Å². The summed E-state index contributed by atoms with van der Waals surface area (Å²) in [6, 6.07) is 11.6. The third kappa shape index (κ3) is 5.11. The van der Waals surface area contributed by atoms with E-state index in [9.17, 15) is 27.2 Å². The van der Waals surface area contributed by atoms with Crippen molar-refractivity contribution in [2.24, 2.45) is 5.92 Å². The summed E-state index contributed by atoms with van der Waals surface area (Å²) >= 11 is 0. The Morgan fingerprint density at radius 3 is 2.51 bits per heavy atom. The highest BCUT2D eigenvalue weighted by atomic mass is 19.4. The molecule has 1 aliphatic heterocycles. The van der Waals surface area contributed by atoms with Gasteiger partial charge < -0.3 is 10.1 Å². The molecule has 35 heavy (non-hydrogen) atoms. The van der Waals surface area contributed by atoms with Gasteiger partial charge in [-0.2, -0.15) is 13.2 Å². The average Bonchev–Trinajstić information content (AvgIpc) is 2.80. The summed E-state index contributed by atoms with van der Waals surface area (Å²) in [5.74, 6) is -1.51. The SMILES string of the molecule is CC(C)C(=O)Nc1cccc(N2CCc3c(Oc4ccc(C(F)(F)F)cc4F)cccc3C2=O)n1. The van der Waals surface area contributed by atoms with Gasteiger partial charge in [-0.05, 0) is 48.9 Å². The van der Waals surface area contributed by atoms with E-state index in [1.54, 1.807) is 44.2 Å². The van der Waals surface area contributed by atoms with Gasteiger partial charge in [-0.15, -0.1) is 0 Å². The van der Waals surface area contributed by atoms with Crippen molar-refractivity contribution in [1.29, 1.82) is 0 Å². The van der Waals surface area contributed by atoms with E-state index in [1.165, 1.54) is 11.0 Å². The number of pyridine rings is 1. The fourth-order valence-electron chi connectivity index (χ4n) is 3.60. The molecule has 0 aliphatic carbocycles. The third-order valence-electron chi connectivity index (χ3n) is 5.46. The van der Waals surface area contributed by atoms with Gasteiger partial charge in [-0.25, -0.2) is 9.37 Å². The van der Waals surface area contributed by atoms with E-state index < -0.39 is 17.6 Å². The second kappa shape index (κ2) is 9.36.